The Morgan fingerprint density at radius 2 is 1.88 bits per heavy atom. The summed E-state index contributed by atoms with van der Waals surface area (Å²) >= 11 is 7.35. The standard InChI is InChI=1S/C25H20ClN3O3S/c1-2-31-23-14-17(8-13-22(23)32-24(30)19-9-11-20(26)12-10-19)15-27-29-25-28-21(16-33-25)18-6-4-3-5-7-18/h3-16H,2H2,1H3,(H,28,29). The third-order valence-corrected chi connectivity index (χ3v) is 5.50. The number of hydrazone groups is 1. The summed E-state index contributed by atoms with van der Waals surface area (Å²) in [4.78, 5) is 17.0. The lowest BCUT2D eigenvalue weighted by Gasteiger charge is -2.11. The lowest BCUT2D eigenvalue weighted by Crippen LogP contribution is -2.09. The molecular formula is C25H20ClN3O3S. The van der Waals surface area contributed by atoms with Crippen LogP contribution in [0.2, 0.25) is 5.02 Å². The normalized spacial score (nSPS) is 10.8. The van der Waals surface area contributed by atoms with Gasteiger partial charge in [0.05, 0.1) is 24.1 Å². The number of halogens is 1. The highest BCUT2D eigenvalue weighted by atomic mass is 35.5. The molecule has 0 saturated heterocycles. The molecule has 0 saturated carbocycles. The Kier molecular flexibility index (Phi) is 7.34. The van der Waals surface area contributed by atoms with Crippen LogP contribution in [-0.4, -0.2) is 23.8 Å². The van der Waals surface area contributed by atoms with Crippen molar-refractivity contribution in [3.63, 3.8) is 0 Å². The van der Waals surface area contributed by atoms with Crippen LogP contribution in [0.4, 0.5) is 5.13 Å². The van der Waals surface area contributed by atoms with Crippen LogP contribution in [0.25, 0.3) is 11.3 Å². The molecule has 0 atom stereocenters. The van der Waals surface area contributed by atoms with Crippen LogP contribution in [0, 0.1) is 0 Å². The van der Waals surface area contributed by atoms with E-state index in [-0.39, 0.29) is 0 Å². The maximum atomic E-state index is 12.4. The Labute approximate surface area is 200 Å². The molecule has 4 aromatic rings. The SMILES string of the molecule is CCOc1cc(C=NNc2nc(-c3ccccc3)cs2)ccc1OC(=O)c1ccc(Cl)cc1. The van der Waals surface area contributed by atoms with Gasteiger partial charge in [-0.2, -0.15) is 5.10 Å². The molecule has 0 unspecified atom stereocenters. The first kappa shape index (κ1) is 22.5. The van der Waals surface area contributed by atoms with E-state index in [1.54, 1.807) is 48.7 Å². The number of hydrogen-bond acceptors (Lipinski definition) is 7. The number of rotatable bonds is 8. The quantitative estimate of drug-likeness (QED) is 0.135. The van der Waals surface area contributed by atoms with E-state index in [1.165, 1.54) is 11.3 Å². The minimum absolute atomic E-state index is 0.328. The number of anilines is 1. The van der Waals surface area contributed by atoms with Crippen molar-refractivity contribution < 1.29 is 14.3 Å². The first-order valence-corrected chi connectivity index (χ1v) is 11.4. The monoisotopic (exact) mass is 477 g/mol. The van der Waals surface area contributed by atoms with Gasteiger partial charge >= 0.3 is 5.97 Å². The van der Waals surface area contributed by atoms with E-state index in [0.29, 0.717) is 33.8 Å². The first-order valence-electron chi connectivity index (χ1n) is 10.2. The number of ether oxygens (including phenoxy) is 2. The summed E-state index contributed by atoms with van der Waals surface area (Å²) in [5.41, 5.74) is 6.06. The number of esters is 1. The molecule has 1 aromatic heterocycles. The average molecular weight is 478 g/mol. The van der Waals surface area contributed by atoms with Crippen molar-refractivity contribution in [2.45, 2.75) is 6.92 Å². The Balaban J connectivity index is 1.43. The number of hydrogen-bond donors (Lipinski definition) is 1. The van der Waals surface area contributed by atoms with Gasteiger partial charge in [0.15, 0.2) is 11.5 Å². The molecular weight excluding hydrogens is 458 g/mol. The average Bonchev–Trinajstić information content (AvgIpc) is 3.31. The molecule has 0 aliphatic rings. The molecule has 0 bridgehead atoms. The van der Waals surface area contributed by atoms with E-state index in [9.17, 15) is 4.79 Å². The Bertz CT molecular complexity index is 1260. The molecule has 6 nitrogen and oxygen atoms in total. The third kappa shape index (κ3) is 5.97. The maximum absolute atomic E-state index is 12.4. The van der Waals surface area contributed by atoms with E-state index in [4.69, 9.17) is 21.1 Å². The van der Waals surface area contributed by atoms with Gasteiger partial charge in [-0.3, -0.25) is 5.43 Å². The Morgan fingerprint density at radius 3 is 2.64 bits per heavy atom. The fourth-order valence-electron chi connectivity index (χ4n) is 2.93. The number of carbonyl (C=O) groups excluding carboxylic acids is 1. The summed E-state index contributed by atoms with van der Waals surface area (Å²) in [6.45, 7) is 2.28. The highest BCUT2D eigenvalue weighted by molar-refractivity contribution is 7.14. The molecule has 0 aliphatic carbocycles. The topological polar surface area (TPSA) is 72.8 Å². The van der Waals surface area contributed by atoms with Gasteiger partial charge in [0.1, 0.15) is 0 Å². The highest BCUT2D eigenvalue weighted by Crippen LogP contribution is 2.29. The predicted octanol–water partition coefficient (Wildman–Crippen LogP) is 6.53. The van der Waals surface area contributed by atoms with Crippen LogP contribution >= 0.6 is 22.9 Å². The van der Waals surface area contributed by atoms with Crippen LogP contribution < -0.4 is 14.9 Å². The van der Waals surface area contributed by atoms with Gasteiger partial charge in [0, 0.05) is 16.0 Å². The molecule has 0 radical (unpaired) electrons. The molecule has 0 spiro atoms. The summed E-state index contributed by atoms with van der Waals surface area (Å²) in [6, 6.07) is 21.7. The van der Waals surface area contributed by atoms with Crippen LogP contribution in [0.5, 0.6) is 11.5 Å². The number of carbonyl (C=O) groups is 1. The van der Waals surface area contributed by atoms with Crippen LogP contribution in [0.15, 0.2) is 83.3 Å². The van der Waals surface area contributed by atoms with E-state index in [0.717, 1.165) is 16.8 Å². The van der Waals surface area contributed by atoms with E-state index >= 15 is 0 Å². The summed E-state index contributed by atoms with van der Waals surface area (Å²) < 4.78 is 11.2. The largest absolute Gasteiger partial charge is 0.490 e. The maximum Gasteiger partial charge on any atom is 0.343 e. The lowest BCUT2D eigenvalue weighted by molar-refractivity contribution is 0.0728. The first-order chi connectivity index (χ1) is 16.1. The molecule has 1 heterocycles. The molecule has 0 amide bonds. The van der Waals surface area contributed by atoms with Gasteiger partial charge in [-0.15, -0.1) is 11.3 Å². The molecule has 0 aliphatic heterocycles. The minimum Gasteiger partial charge on any atom is -0.490 e. The minimum atomic E-state index is -0.492. The number of nitrogens with one attached hydrogen (secondary N) is 1. The van der Waals surface area contributed by atoms with Gasteiger partial charge in [-0.05, 0) is 55.0 Å². The van der Waals surface area contributed by atoms with Gasteiger partial charge in [-0.1, -0.05) is 41.9 Å². The van der Waals surface area contributed by atoms with E-state index in [2.05, 4.69) is 15.5 Å². The molecule has 8 heteroatoms. The van der Waals surface area contributed by atoms with Crippen molar-refractivity contribution in [2.75, 3.05) is 12.0 Å². The van der Waals surface area contributed by atoms with Crippen molar-refractivity contribution >= 4 is 40.3 Å². The predicted molar refractivity (Wildman–Crippen MR) is 133 cm³/mol. The molecule has 33 heavy (non-hydrogen) atoms. The molecule has 1 N–H and O–H groups in total. The van der Waals surface area contributed by atoms with Crippen LogP contribution in [-0.2, 0) is 0 Å². The summed E-state index contributed by atoms with van der Waals surface area (Å²) in [5.74, 6) is 0.285. The van der Waals surface area contributed by atoms with Crippen molar-refractivity contribution in [2.24, 2.45) is 5.10 Å². The zero-order valence-corrected chi connectivity index (χ0v) is 19.3. The molecule has 3 aromatic carbocycles. The number of benzene rings is 3. The van der Waals surface area contributed by atoms with E-state index in [1.807, 2.05) is 42.6 Å². The molecule has 4 rings (SSSR count). The van der Waals surface area contributed by atoms with Crippen molar-refractivity contribution in [3.05, 3.63) is 94.3 Å². The van der Waals surface area contributed by atoms with Crippen LogP contribution in [0.3, 0.4) is 0 Å². The van der Waals surface area contributed by atoms with Gasteiger partial charge in [0.25, 0.3) is 0 Å². The second kappa shape index (κ2) is 10.8. The smallest absolute Gasteiger partial charge is 0.343 e. The van der Waals surface area contributed by atoms with E-state index < -0.39 is 5.97 Å². The van der Waals surface area contributed by atoms with Gasteiger partial charge < -0.3 is 9.47 Å². The summed E-state index contributed by atoms with van der Waals surface area (Å²) in [6.07, 6.45) is 1.65. The summed E-state index contributed by atoms with van der Waals surface area (Å²) in [5, 5.41) is 7.47. The fourth-order valence-corrected chi connectivity index (χ4v) is 3.73. The van der Waals surface area contributed by atoms with Crippen molar-refractivity contribution in [3.8, 4) is 22.8 Å². The summed E-state index contributed by atoms with van der Waals surface area (Å²) in [7, 11) is 0. The Morgan fingerprint density at radius 1 is 1.09 bits per heavy atom. The Hall–Kier alpha value is -3.68. The third-order valence-electron chi connectivity index (χ3n) is 4.50. The molecule has 0 fully saturated rings. The van der Waals surface area contributed by atoms with Crippen LogP contribution in [0.1, 0.15) is 22.8 Å². The van der Waals surface area contributed by atoms with Gasteiger partial charge in [-0.25, -0.2) is 9.78 Å². The zero-order valence-electron chi connectivity index (χ0n) is 17.7. The lowest BCUT2D eigenvalue weighted by atomic mass is 10.2. The fraction of sp³-hybridized carbons (Fsp3) is 0.0800. The zero-order chi connectivity index (χ0) is 23.0. The number of aromatic nitrogens is 1. The second-order valence-electron chi connectivity index (χ2n) is 6.81. The highest BCUT2D eigenvalue weighted by Gasteiger charge is 2.13. The second-order valence-corrected chi connectivity index (χ2v) is 8.10. The molecule has 166 valence electrons. The van der Waals surface area contributed by atoms with Crippen molar-refractivity contribution in [1.29, 1.82) is 0 Å². The van der Waals surface area contributed by atoms with Crippen molar-refractivity contribution in [1.82, 2.24) is 4.98 Å². The number of thiazole rings is 1. The van der Waals surface area contributed by atoms with Gasteiger partial charge in [0.2, 0.25) is 5.13 Å². The number of nitrogens with zero attached hydrogens (tertiary/aromatic N) is 2.